The summed E-state index contributed by atoms with van der Waals surface area (Å²) in [5.41, 5.74) is 6.04. The average molecular weight is 403 g/mol. The Balaban J connectivity index is 0.00000220. The van der Waals surface area contributed by atoms with Gasteiger partial charge in [-0.05, 0) is 30.9 Å². The van der Waals surface area contributed by atoms with Crippen molar-refractivity contribution in [2.45, 2.75) is 26.2 Å². The Labute approximate surface area is 144 Å². The molecule has 1 saturated heterocycles. The maximum absolute atomic E-state index is 6.04. The maximum Gasteiger partial charge on any atom is 0.191 e. The molecule has 1 aliphatic rings. The summed E-state index contributed by atoms with van der Waals surface area (Å²) in [4.78, 5) is 6.65. The smallest absolute Gasteiger partial charge is 0.191 e. The molecule has 21 heavy (non-hydrogen) atoms. The van der Waals surface area contributed by atoms with Crippen molar-refractivity contribution in [3.05, 3.63) is 30.3 Å². The van der Waals surface area contributed by atoms with Gasteiger partial charge in [-0.3, -0.25) is 4.99 Å². The summed E-state index contributed by atoms with van der Waals surface area (Å²) in [6, 6.07) is 9.86. The number of guanidine groups is 1. The summed E-state index contributed by atoms with van der Waals surface area (Å²) in [5, 5.41) is 0. The van der Waals surface area contributed by atoms with E-state index in [1.807, 2.05) is 30.3 Å². The molecule has 118 valence electrons. The van der Waals surface area contributed by atoms with E-state index in [-0.39, 0.29) is 24.0 Å². The van der Waals surface area contributed by atoms with Crippen molar-refractivity contribution in [3.8, 4) is 5.75 Å². The van der Waals surface area contributed by atoms with Gasteiger partial charge in [0, 0.05) is 26.1 Å². The maximum atomic E-state index is 6.04. The summed E-state index contributed by atoms with van der Waals surface area (Å²) in [5.74, 6) is 2.32. The Hall–Kier alpha value is -0.980. The molecule has 0 saturated carbocycles. The van der Waals surface area contributed by atoms with Gasteiger partial charge in [-0.15, -0.1) is 24.0 Å². The van der Waals surface area contributed by atoms with Crippen LogP contribution in [0.25, 0.3) is 0 Å². The van der Waals surface area contributed by atoms with E-state index in [0.717, 1.165) is 37.7 Å². The highest BCUT2D eigenvalue weighted by atomic mass is 127. The first-order valence-electron chi connectivity index (χ1n) is 7.48. The number of likely N-dealkylation sites (tertiary alicyclic amines) is 1. The van der Waals surface area contributed by atoms with Gasteiger partial charge in [0.05, 0.1) is 6.61 Å². The van der Waals surface area contributed by atoms with Crippen LogP contribution in [0, 0.1) is 5.92 Å². The molecular formula is C16H26IN3O. The monoisotopic (exact) mass is 403 g/mol. The first-order valence-corrected chi connectivity index (χ1v) is 7.48. The van der Waals surface area contributed by atoms with E-state index in [2.05, 4.69) is 16.8 Å². The standard InChI is InChI=1S/C16H25N3O.HI/c1-14-7-5-11-19(13-14)16(17)18-10-6-12-20-15-8-3-2-4-9-15;/h2-4,8-9,14H,5-7,10-13H2,1H3,(H2,17,18);1H. The van der Waals surface area contributed by atoms with Gasteiger partial charge in [0.15, 0.2) is 5.96 Å². The van der Waals surface area contributed by atoms with Crippen molar-refractivity contribution in [3.63, 3.8) is 0 Å². The predicted octanol–water partition coefficient (Wildman–Crippen LogP) is 3.12. The Morgan fingerprint density at radius 1 is 1.38 bits per heavy atom. The molecule has 0 bridgehead atoms. The Bertz CT molecular complexity index is 425. The predicted molar refractivity (Wildman–Crippen MR) is 98.4 cm³/mol. The summed E-state index contributed by atoms with van der Waals surface area (Å²) in [7, 11) is 0. The average Bonchev–Trinajstić information content (AvgIpc) is 2.48. The highest BCUT2D eigenvalue weighted by molar-refractivity contribution is 14.0. The van der Waals surface area contributed by atoms with Crippen LogP contribution >= 0.6 is 24.0 Å². The Morgan fingerprint density at radius 3 is 2.86 bits per heavy atom. The summed E-state index contributed by atoms with van der Waals surface area (Å²) in [6.07, 6.45) is 3.40. The second-order valence-corrected chi connectivity index (χ2v) is 5.45. The molecule has 0 radical (unpaired) electrons. The van der Waals surface area contributed by atoms with Gasteiger partial charge in [0.1, 0.15) is 5.75 Å². The minimum atomic E-state index is 0. The minimum Gasteiger partial charge on any atom is -0.494 e. The van der Waals surface area contributed by atoms with Gasteiger partial charge < -0.3 is 15.4 Å². The van der Waals surface area contributed by atoms with E-state index in [1.165, 1.54) is 12.8 Å². The van der Waals surface area contributed by atoms with E-state index in [9.17, 15) is 0 Å². The minimum absolute atomic E-state index is 0. The molecule has 1 fully saturated rings. The fraction of sp³-hybridized carbons (Fsp3) is 0.562. The van der Waals surface area contributed by atoms with Crippen LogP contribution in [0.5, 0.6) is 5.75 Å². The lowest BCUT2D eigenvalue weighted by Gasteiger charge is -2.31. The number of para-hydroxylation sites is 1. The van der Waals surface area contributed by atoms with Gasteiger partial charge in [0.25, 0.3) is 0 Å². The number of piperidine rings is 1. The van der Waals surface area contributed by atoms with Gasteiger partial charge in [0.2, 0.25) is 0 Å². The third-order valence-corrected chi connectivity index (χ3v) is 3.57. The normalized spacial score (nSPS) is 19.0. The van der Waals surface area contributed by atoms with E-state index in [0.29, 0.717) is 12.6 Å². The van der Waals surface area contributed by atoms with Crippen LogP contribution in [-0.2, 0) is 0 Å². The molecule has 1 unspecified atom stereocenters. The van der Waals surface area contributed by atoms with E-state index >= 15 is 0 Å². The van der Waals surface area contributed by atoms with Crippen LogP contribution in [0.2, 0.25) is 0 Å². The van der Waals surface area contributed by atoms with Gasteiger partial charge >= 0.3 is 0 Å². The van der Waals surface area contributed by atoms with E-state index in [1.54, 1.807) is 0 Å². The van der Waals surface area contributed by atoms with Crippen LogP contribution in [0.15, 0.2) is 35.3 Å². The number of hydrogen-bond donors (Lipinski definition) is 1. The second-order valence-electron chi connectivity index (χ2n) is 5.45. The number of hydrogen-bond acceptors (Lipinski definition) is 2. The third kappa shape index (κ3) is 6.54. The number of ether oxygens (including phenoxy) is 1. The highest BCUT2D eigenvalue weighted by Crippen LogP contribution is 2.14. The molecule has 0 amide bonds. The molecule has 5 heteroatoms. The number of aliphatic imine (C=N–C) groups is 1. The lowest BCUT2D eigenvalue weighted by atomic mass is 10.0. The largest absolute Gasteiger partial charge is 0.494 e. The van der Waals surface area contributed by atoms with Crippen molar-refractivity contribution >= 4 is 29.9 Å². The van der Waals surface area contributed by atoms with Crippen molar-refractivity contribution < 1.29 is 4.74 Å². The molecule has 0 aromatic heterocycles. The molecule has 0 aliphatic carbocycles. The highest BCUT2D eigenvalue weighted by Gasteiger charge is 2.17. The van der Waals surface area contributed by atoms with Crippen molar-refractivity contribution in [2.75, 3.05) is 26.2 Å². The molecule has 1 aliphatic heterocycles. The molecule has 0 spiro atoms. The lowest BCUT2D eigenvalue weighted by Crippen LogP contribution is -2.43. The van der Waals surface area contributed by atoms with Gasteiger partial charge in [-0.25, -0.2) is 0 Å². The van der Waals surface area contributed by atoms with Crippen molar-refractivity contribution in [1.29, 1.82) is 0 Å². The molecule has 4 nitrogen and oxygen atoms in total. The fourth-order valence-electron chi connectivity index (χ4n) is 2.46. The molecule has 1 heterocycles. The number of rotatable bonds is 5. The molecule has 1 aromatic carbocycles. The van der Waals surface area contributed by atoms with Crippen LogP contribution < -0.4 is 10.5 Å². The third-order valence-electron chi connectivity index (χ3n) is 3.57. The van der Waals surface area contributed by atoms with Crippen LogP contribution in [0.4, 0.5) is 0 Å². The Kier molecular flexibility index (Phi) is 8.49. The summed E-state index contributed by atoms with van der Waals surface area (Å²) in [6.45, 7) is 5.75. The summed E-state index contributed by atoms with van der Waals surface area (Å²) >= 11 is 0. The molecular weight excluding hydrogens is 377 g/mol. The lowest BCUT2D eigenvalue weighted by molar-refractivity contribution is 0.269. The number of benzene rings is 1. The SMILES string of the molecule is CC1CCCN(C(N)=NCCCOc2ccccc2)C1.I. The van der Waals surface area contributed by atoms with Crippen LogP contribution in [0.3, 0.4) is 0 Å². The van der Waals surface area contributed by atoms with Crippen LogP contribution in [-0.4, -0.2) is 37.1 Å². The van der Waals surface area contributed by atoms with Crippen molar-refractivity contribution in [1.82, 2.24) is 4.90 Å². The summed E-state index contributed by atoms with van der Waals surface area (Å²) < 4.78 is 5.63. The molecule has 2 N–H and O–H groups in total. The first-order chi connectivity index (χ1) is 9.75. The fourth-order valence-corrected chi connectivity index (χ4v) is 2.46. The quantitative estimate of drug-likeness (QED) is 0.356. The zero-order chi connectivity index (χ0) is 14.2. The molecule has 1 atom stereocenters. The zero-order valence-corrected chi connectivity index (χ0v) is 15.0. The Morgan fingerprint density at radius 2 is 2.14 bits per heavy atom. The number of halogens is 1. The molecule has 1 aromatic rings. The zero-order valence-electron chi connectivity index (χ0n) is 12.7. The van der Waals surface area contributed by atoms with Crippen LogP contribution in [0.1, 0.15) is 26.2 Å². The first kappa shape index (κ1) is 18.1. The number of nitrogens with zero attached hydrogens (tertiary/aromatic N) is 2. The van der Waals surface area contributed by atoms with Crippen molar-refractivity contribution in [2.24, 2.45) is 16.6 Å². The van der Waals surface area contributed by atoms with E-state index < -0.39 is 0 Å². The second kappa shape index (κ2) is 9.87. The topological polar surface area (TPSA) is 50.8 Å². The molecule has 2 rings (SSSR count). The van der Waals surface area contributed by atoms with E-state index in [4.69, 9.17) is 10.5 Å². The number of nitrogens with two attached hydrogens (primary N) is 1. The van der Waals surface area contributed by atoms with Gasteiger partial charge in [-0.1, -0.05) is 25.1 Å². The van der Waals surface area contributed by atoms with Gasteiger partial charge in [-0.2, -0.15) is 0 Å².